The minimum atomic E-state index is -1.09. The number of ether oxygens (including phenoxy) is 1. The highest BCUT2D eigenvalue weighted by Crippen LogP contribution is 2.13. The van der Waals surface area contributed by atoms with Gasteiger partial charge in [0.25, 0.3) is 0 Å². The summed E-state index contributed by atoms with van der Waals surface area (Å²) in [5, 5.41) is 21.1. The van der Waals surface area contributed by atoms with Crippen LogP contribution in [-0.2, 0) is 0 Å². The molecule has 0 fully saturated rings. The van der Waals surface area contributed by atoms with Gasteiger partial charge in [-0.25, -0.2) is 4.79 Å². The number of nitrogen functional groups attached to an aromatic ring is 1. The summed E-state index contributed by atoms with van der Waals surface area (Å²) >= 11 is 0. The molecule has 1 aromatic heterocycles. The summed E-state index contributed by atoms with van der Waals surface area (Å²) in [5.74, 6) is -0.546. The maximum atomic E-state index is 10.9. The monoisotopic (exact) mass is 323 g/mol. The van der Waals surface area contributed by atoms with Crippen LogP contribution >= 0.6 is 12.4 Å². The number of carboxylic acid groups (broad SMARTS) is 1. The predicted molar refractivity (Wildman–Crippen MR) is 83.1 cm³/mol. The zero-order valence-electron chi connectivity index (χ0n) is 11.3. The van der Waals surface area contributed by atoms with E-state index in [2.05, 4.69) is 10.1 Å². The smallest absolute Gasteiger partial charge is 0.335 e. The van der Waals surface area contributed by atoms with Gasteiger partial charge in [0.1, 0.15) is 18.1 Å². The summed E-state index contributed by atoms with van der Waals surface area (Å²) in [6, 6.07) is 9.35. The number of carboxylic acids is 1. The van der Waals surface area contributed by atoms with Crippen molar-refractivity contribution in [1.29, 1.82) is 0 Å². The van der Waals surface area contributed by atoms with Crippen molar-refractivity contribution in [1.82, 2.24) is 4.98 Å². The first-order valence-electron chi connectivity index (χ1n) is 5.99. The molecule has 0 unspecified atom stereocenters. The molecule has 116 valence electrons. The summed E-state index contributed by atoms with van der Waals surface area (Å²) in [5.41, 5.74) is 6.57. The van der Waals surface area contributed by atoms with Crippen LogP contribution in [0.3, 0.4) is 0 Å². The second-order valence-corrected chi connectivity index (χ2v) is 4.14. The molecule has 0 radical (unpaired) electrons. The van der Waals surface area contributed by atoms with E-state index in [1.54, 1.807) is 24.3 Å². The van der Waals surface area contributed by atoms with Crippen LogP contribution in [0.1, 0.15) is 16.1 Å². The fraction of sp³-hybridized carbons (Fsp3) is 0.0714. The molecule has 8 heteroatoms. The van der Waals surface area contributed by atoms with Gasteiger partial charge in [0.15, 0.2) is 0 Å². The van der Waals surface area contributed by atoms with Gasteiger partial charge in [-0.2, -0.15) is 0 Å². The lowest BCUT2D eigenvalue weighted by Gasteiger charge is -2.08. The van der Waals surface area contributed by atoms with Gasteiger partial charge < -0.3 is 20.8 Å². The number of halogens is 1. The van der Waals surface area contributed by atoms with E-state index in [0.29, 0.717) is 11.4 Å². The molecule has 0 atom stereocenters. The van der Waals surface area contributed by atoms with Crippen molar-refractivity contribution >= 4 is 29.8 Å². The molecular weight excluding hydrogens is 310 g/mol. The van der Waals surface area contributed by atoms with Gasteiger partial charge in [0.2, 0.25) is 0 Å². The van der Waals surface area contributed by atoms with Crippen molar-refractivity contribution < 1.29 is 19.8 Å². The Morgan fingerprint density at radius 1 is 1.27 bits per heavy atom. The number of hydrogen-bond acceptors (Lipinski definition) is 6. The van der Waals surface area contributed by atoms with Crippen molar-refractivity contribution in [3.05, 3.63) is 53.9 Å². The number of anilines is 1. The van der Waals surface area contributed by atoms with Gasteiger partial charge >= 0.3 is 5.97 Å². The Labute approximate surface area is 132 Å². The van der Waals surface area contributed by atoms with Crippen LogP contribution in [0, 0.1) is 0 Å². The number of benzene rings is 1. The van der Waals surface area contributed by atoms with E-state index < -0.39 is 5.97 Å². The average Bonchev–Trinajstić information content (AvgIpc) is 2.50. The summed E-state index contributed by atoms with van der Waals surface area (Å²) in [4.78, 5) is 14.9. The topological polar surface area (TPSA) is 118 Å². The van der Waals surface area contributed by atoms with Gasteiger partial charge in [-0.1, -0.05) is 5.16 Å². The first kappa shape index (κ1) is 17.3. The van der Waals surface area contributed by atoms with E-state index in [9.17, 15) is 4.79 Å². The highest BCUT2D eigenvalue weighted by molar-refractivity contribution is 6.01. The molecule has 0 spiro atoms. The Morgan fingerprint density at radius 3 is 2.55 bits per heavy atom. The lowest BCUT2D eigenvalue weighted by molar-refractivity contribution is 0.0696. The molecule has 1 aromatic carbocycles. The lowest BCUT2D eigenvalue weighted by Crippen LogP contribution is -2.15. The van der Waals surface area contributed by atoms with E-state index in [1.165, 1.54) is 18.3 Å². The molecule has 2 aromatic rings. The van der Waals surface area contributed by atoms with Gasteiger partial charge in [-0.3, -0.25) is 4.98 Å². The molecule has 0 aliphatic rings. The fourth-order valence-corrected chi connectivity index (χ4v) is 1.59. The van der Waals surface area contributed by atoms with E-state index in [1.807, 2.05) is 0 Å². The Kier molecular flexibility index (Phi) is 6.15. The number of aromatic carboxylic acids is 1. The minimum absolute atomic E-state index is 0. The molecule has 2 rings (SSSR count). The molecule has 0 saturated heterocycles. The van der Waals surface area contributed by atoms with Gasteiger partial charge in [-0.15, -0.1) is 12.4 Å². The number of oxime groups is 1. The third kappa shape index (κ3) is 4.35. The highest BCUT2D eigenvalue weighted by Gasteiger charge is 2.11. The van der Waals surface area contributed by atoms with Gasteiger partial charge in [-0.05, 0) is 36.4 Å². The van der Waals surface area contributed by atoms with Crippen molar-refractivity contribution in [2.45, 2.75) is 0 Å². The van der Waals surface area contributed by atoms with Crippen LogP contribution in [0.5, 0.6) is 5.75 Å². The van der Waals surface area contributed by atoms with Crippen molar-refractivity contribution in [3.8, 4) is 5.75 Å². The summed E-state index contributed by atoms with van der Waals surface area (Å²) in [7, 11) is 0. The van der Waals surface area contributed by atoms with Crippen LogP contribution in [-0.4, -0.2) is 33.6 Å². The Hall–Kier alpha value is -2.80. The number of rotatable bonds is 5. The second kappa shape index (κ2) is 7.84. The van der Waals surface area contributed by atoms with E-state index in [0.717, 1.165) is 0 Å². The van der Waals surface area contributed by atoms with Crippen LogP contribution < -0.4 is 10.5 Å². The third-order valence-corrected chi connectivity index (χ3v) is 2.68. The number of nitrogens with zero attached hydrogens (tertiary/aromatic N) is 2. The van der Waals surface area contributed by atoms with Crippen LogP contribution in [0.15, 0.2) is 47.8 Å². The standard InChI is InChI=1S/C14H13N3O4.ClH/c15-10-1-3-11(4-2-10)21-8-13(17-20)12-7-9(14(18)19)5-6-16-12;/h1-7,20H,8,15H2,(H,18,19);1H/b17-13+;. The number of hydrogen-bond donors (Lipinski definition) is 3. The van der Waals surface area contributed by atoms with Crippen molar-refractivity contribution in [2.24, 2.45) is 5.16 Å². The number of aromatic nitrogens is 1. The maximum Gasteiger partial charge on any atom is 0.335 e. The second-order valence-electron chi connectivity index (χ2n) is 4.14. The molecule has 7 nitrogen and oxygen atoms in total. The van der Waals surface area contributed by atoms with Gasteiger partial charge in [0, 0.05) is 11.9 Å². The minimum Gasteiger partial charge on any atom is -0.487 e. The lowest BCUT2D eigenvalue weighted by atomic mass is 10.2. The molecule has 0 amide bonds. The highest BCUT2D eigenvalue weighted by atomic mass is 35.5. The van der Waals surface area contributed by atoms with E-state index in [4.69, 9.17) is 20.8 Å². The van der Waals surface area contributed by atoms with Crippen LogP contribution in [0.25, 0.3) is 0 Å². The average molecular weight is 324 g/mol. The maximum absolute atomic E-state index is 10.9. The van der Waals surface area contributed by atoms with Crippen molar-refractivity contribution in [3.63, 3.8) is 0 Å². The zero-order valence-corrected chi connectivity index (χ0v) is 12.2. The zero-order chi connectivity index (χ0) is 15.2. The Bertz CT molecular complexity index is 674. The fourth-order valence-electron chi connectivity index (χ4n) is 1.59. The molecule has 0 aliphatic heterocycles. The molecule has 0 aliphatic carbocycles. The SMILES string of the molecule is Cl.Nc1ccc(OC/C(=N\O)c2cc(C(=O)O)ccn2)cc1. The molecular formula is C14H14ClN3O4. The molecule has 1 heterocycles. The predicted octanol–water partition coefficient (Wildman–Crippen LogP) is 2.04. The molecule has 22 heavy (non-hydrogen) atoms. The molecule has 0 saturated carbocycles. The summed E-state index contributed by atoms with van der Waals surface area (Å²) < 4.78 is 5.44. The number of pyridine rings is 1. The normalized spacial score (nSPS) is 10.6. The summed E-state index contributed by atoms with van der Waals surface area (Å²) in [6.07, 6.45) is 1.33. The van der Waals surface area contributed by atoms with E-state index in [-0.39, 0.29) is 36.0 Å². The Balaban J connectivity index is 0.00000242. The van der Waals surface area contributed by atoms with Crippen molar-refractivity contribution in [2.75, 3.05) is 12.3 Å². The van der Waals surface area contributed by atoms with Crippen LogP contribution in [0.4, 0.5) is 5.69 Å². The van der Waals surface area contributed by atoms with Crippen LogP contribution in [0.2, 0.25) is 0 Å². The van der Waals surface area contributed by atoms with Gasteiger partial charge in [0.05, 0.1) is 11.3 Å². The quantitative estimate of drug-likeness (QED) is 0.335. The third-order valence-electron chi connectivity index (χ3n) is 2.68. The number of nitrogens with two attached hydrogens (primary N) is 1. The first-order valence-corrected chi connectivity index (χ1v) is 5.99. The first-order chi connectivity index (χ1) is 10.1. The molecule has 4 N–H and O–H groups in total. The Morgan fingerprint density at radius 2 is 1.95 bits per heavy atom. The number of carbonyl (C=O) groups is 1. The van der Waals surface area contributed by atoms with E-state index >= 15 is 0 Å². The largest absolute Gasteiger partial charge is 0.487 e. The summed E-state index contributed by atoms with van der Waals surface area (Å²) in [6.45, 7) is -0.0590. The molecule has 0 bridgehead atoms.